The minimum absolute atomic E-state index is 0.152. The fourth-order valence-electron chi connectivity index (χ4n) is 1.06. The third-order valence-electron chi connectivity index (χ3n) is 1.81. The molecule has 1 unspecified atom stereocenters. The number of amides is 1. The van der Waals surface area contributed by atoms with Crippen LogP contribution < -0.4 is 5.32 Å². The highest BCUT2D eigenvalue weighted by Crippen LogP contribution is 1.97. The number of aliphatic carboxylic acids is 1. The average Bonchev–Trinajstić information content (AvgIpc) is 2.14. The first-order valence-corrected chi connectivity index (χ1v) is 4.59. The van der Waals surface area contributed by atoms with Crippen LogP contribution in [0.4, 0.5) is 0 Å². The van der Waals surface area contributed by atoms with Crippen LogP contribution in [0.3, 0.4) is 0 Å². The van der Waals surface area contributed by atoms with Crippen LogP contribution >= 0.6 is 0 Å². The molecule has 1 amide bonds. The number of carbonyl (C=O) groups is 2. The number of nitrogens with zero attached hydrogens (tertiary/aromatic N) is 1. The Morgan fingerprint density at radius 3 is 2.67 bits per heavy atom. The van der Waals surface area contributed by atoms with Gasteiger partial charge in [-0.25, -0.2) is 0 Å². The summed E-state index contributed by atoms with van der Waals surface area (Å²) < 4.78 is 0. The Hall–Kier alpha value is -1.54. The standard InChI is InChI=1S/C10H16N2O3/c1-4-5-11-9(13)7-12(3)6-8(2)10(14)15/h1,8H,5-7H2,2-3H3,(H,11,13)(H,14,15). The van der Waals surface area contributed by atoms with E-state index in [-0.39, 0.29) is 19.0 Å². The molecule has 15 heavy (non-hydrogen) atoms. The summed E-state index contributed by atoms with van der Waals surface area (Å²) in [6.07, 6.45) is 4.97. The molecule has 84 valence electrons. The second kappa shape index (κ2) is 6.85. The molecule has 0 saturated heterocycles. The number of rotatable bonds is 6. The topological polar surface area (TPSA) is 69.6 Å². The average molecular weight is 212 g/mol. The molecule has 0 fully saturated rings. The van der Waals surface area contributed by atoms with E-state index in [0.717, 1.165) is 0 Å². The van der Waals surface area contributed by atoms with E-state index in [1.54, 1.807) is 18.9 Å². The Kier molecular flexibility index (Phi) is 6.14. The number of hydrogen-bond donors (Lipinski definition) is 2. The molecule has 0 spiro atoms. The zero-order valence-electron chi connectivity index (χ0n) is 8.99. The van der Waals surface area contributed by atoms with Gasteiger partial charge in [0.15, 0.2) is 0 Å². The molecule has 0 heterocycles. The molecule has 0 aliphatic heterocycles. The fraction of sp³-hybridized carbons (Fsp3) is 0.600. The molecule has 0 radical (unpaired) electrons. The number of carboxylic acids is 1. The van der Waals surface area contributed by atoms with Crippen LogP contribution in [0.1, 0.15) is 6.92 Å². The van der Waals surface area contributed by atoms with Gasteiger partial charge in [0.1, 0.15) is 0 Å². The van der Waals surface area contributed by atoms with E-state index in [0.29, 0.717) is 6.54 Å². The minimum Gasteiger partial charge on any atom is -0.481 e. The number of nitrogens with one attached hydrogen (secondary N) is 1. The third-order valence-corrected chi connectivity index (χ3v) is 1.81. The molecule has 2 N–H and O–H groups in total. The van der Waals surface area contributed by atoms with E-state index >= 15 is 0 Å². The predicted molar refractivity (Wildman–Crippen MR) is 56.1 cm³/mol. The van der Waals surface area contributed by atoms with Crippen LogP contribution in [0.5, 0.6) is 0 Å². The van der Waals surface area contributed by atoms with Gasteiger partial charge in [-0.1, -0.05) is 12.8 Å². The quantitative estimate of drug-likeness (QED) is 0.576. The Bertz CT molecular complexity index is 270. The minimum atomic E-state index is -0.870. The van der Waals surface area contributed by atoms with Crippen molar-refractivity contribution in [3.8, 4) is 12.3 Å². The van der Waals surface area contributed by atoms with Crippen LogP contribution in [0, 0.1) is 18.3 Å². The van der Waals surface area contributed by atoms with Gasteiger partial charge < -0.3 is 10.4 Å². The summed E-state index contributed by atoms with van der Waals surface area (Å²) in [5.41, 5.74) is 0. The Balaban J connectivity index is 3.83. The summed E-state index contributed by atoms with van der Waals surface area (Å²) in [4.78, 5) is 23.4. The van der Waals surface area contributed by atoms with Crippen molar-refractivity contribution in [2.75, 3.05) is 26.7 Å². The van der Waals surface area contributed by atoms with Gasteiger partial charge in [-0.3, -0.25) is 14.5 Å². The Morgan fingerprint density at radius 1 is 1.60 bits per heavy atom. The number of likely N-dealkylation sites (N-methyl/N-ethyl adjacent to an activating group) is 1. The van der Waals surface area contributed by atoms with Crippen molar-refractivity contribution in [2.24, 2.45) is 5.92 Å². The molecule has 0 saturated carbocycles. The molecule has 0 aromatic carbocycles. The zero-order valence-corrected chi connectivity index (χ0v) is 8.99. The summed E-state index contributed by atoms with van der Waals surface area (Å²) in [7, 11) is 1.69. The monoisotopic (exact) mass is 212 g/mol. The summed E-state index contributed by atoms with van der Waals surface area (Å²) in [6.45, 7) is 2.28. The summed E-state index contributed by atoms with van der Waals surface area (Å²) in [5.74, 6) is 0.725. The summed E-state index contributed by atoms with van der Waals surface area (Å²) in [5, 5.41) is 11.2. The van der Waals surface area contributed by atoms with Crippen LogP contribution in [0.15, 0.2) is 0 Å². The van der Waals surface area contributed by atoms with Crippen molar-refractivity contribution in [1.29, 1.82) is 0 Å². The largest absolute Gasteiger partial charge is 0.481 e. The molecular weight excluding hydrogens is 196 g/mol. The molecule has 0 bridgehead atoms. The summed E-state index contributed by atoms with van der Waals surface area (Å²) in [6, 6.07) is 0. The lowest BCUT2D eigenvalue weighted by molar-refractivity contribution is -0.142. The van der Waals surface area contributed by atoms with Gasteiger partial charge in [-0.15, -0.1) is 6.42 Å². The van der Waals surface area contributed by atoms with Crippen LogP contribution in [0.25, 0.3) is 0 Å². The van der Waals surface area contributed by atoms with E-state index in [9.17, 15) is 9.59 Å². The van der Waals surface area contributed by atoms with Gasteiger partial charge >= 0.3 is 5.97 Å². The van der Waals surface area contributed by atoms with E-state index in [1.165, 1.54) is 0 Å². The number of terminal acetylenes is 1. The van der Waals surface area contributed by atoms with Crippen molar-refractivity contribution in [3.05, 3.63) is 0 Å². The lowest BCUT2D eigenvalue weighted by Crippen LogP contribution is -2.38. The van der Waals surface area contributed by atoms with Crippen LogP contribution in [-0.4, -0.2) is 48.6 Å². The first-order valence-electron chi connectivity index (χ1n) is 4.59. The van der Waals surface area contributed by atoms with E-state index in [4.69, 9.17) is 11.5 Å². The van der Waals surface area contributed by atoms with Gasteiger partial charge in [0, 0.05) is 6.54 Å². The van der Waals surface area contributed by atoms with Crippen molar-refractivity contribution < 1.29 is 14.7 Å². The molecule has 0 aliphatic rings. The highest BCUT2D eigenvalue weighted by atomic mass is 16.4. The lowest BCUT2D eigenvalue weighted by Gasteiger charge is -2.17. The van der Waals surface area contributed by atoms with Crippen molar-refractivity contribution in [2.45, 2.75) is 6.92 Å². The number of hydrogen-bond acceptors (Lipinski definition) is 3. The van der Waals surface area contributed by atoms with Crippen molar-refractivity contribution in [1.82, 2.24) is 10.2 Å². The van der Waals surface area contributed by atoms with Gasteiger partial charge in [-0.2, -0.15) is 0 Å². The van der Waals surface area contributed by atoms with Crippen molar-refractivity contribution in [3.63, 3.8) is 0 Å². The van der Waals surface area contributed by atoms with Crippen molar-refractivity contribution >= 4 is 11.9 Å². The molecule has 0 aromatic heterocycles. The first kappa shape index (κ1) is 13.5. The highest BCUT2D eigenvalue weighted by Gasteiger charge is 2.14. The summed E-state index contributed by atoms with van der Waals surface area (Å²) >= 11 is 0. The smallest absolute Gasteiger partial charge is 0.307 e. The third kappa shape index (κ3) is 6.52. The maximum absolute atomic E-state index is 11.2. The molecule has 0 aromatic rings. The second-order valence-corrected chi connectivity index (χ2v) is 3.42. The SMILES string of the molecule is C#CCNC(=O)CN(C)CC(C)C(=O)O. The molecule has 0 aliphatic carbocycles. The molecule has 5 heteroatoms. The van der Waals surface area contributed by atoms with E-state index in [2.05, 4.69) is 11.2 Å². The first-order chi connectivity index (χ1) is 6.97. The van der Waals surface area contributed by atoms with E-state index < -0.39 is 11.9 Å². The number of carbonyl (C=O) groups excluding carboxylic acids is 1. The Labute approximate surface area is 89.4 Å². The zero-order chi connectivity index (χ0) is 11.8. The van der Waals surface area contributed by atoms with E-state index in [1.807, 2.05) is 0 Å². The van der Waals surface area contributed by atoms with Crippen LogP contribution in [-0.2, 0) is 9.59 Å². The van der Waals surface area contributed by atoms with Gasteiger partial charge in [0.2, 0.25) is 5.91 Å². The Morgan fingerprint density at radius 2 is 2.20 bits per heavy atom. The second-order valence-electron chi connectivity index (χ2n) is 3.42. The van der Waals surface area contributed by atoms with Gasteiger partial charge in [0.05, 0.1) is 19.0 Å². The normalized spacial score (nSPS) is 11.9. The highest BCUT2D eigenvalue weighted by molar-refractivity contribution is 5.78. The number of carboxylic acid groups (broad SMARTS) is 1. The lowest BCUT2D eigenvalue weighted by atomic mass is 10.2. The molecular formula is C10H16N2O3. The van der Waals surface area contributed by atoms with Gasteiger partial charge in [0.25, 0.3) is 0 Å². The van der Waals surface area contributed by atoms with Crippen LogP contribution in [0.2, 0.25) is 0 Å². The fourth-order valence-corrected chi connectivity index (χ4v) is 1.06. The maximum atomic E-state index is 11.2. The molecule has 5 nitrogen and oxygen atoms in total. The predicted octanol–water partition coefficient (Wildman–Crippen LogP) is -0.612. The van der Waals surface area contributed by atoms with Gasteiger partial charge in [-0.05, 0) is 7.05 Å². The molecule has 1 atom stereocenters. The molecule has 0 rings (SSSR count). The maximum Gasteiger partial charge on any atom is 0.307 e.